The summed E-state index contributed by atoms with van der Waals surface area (Å²) in [6, 6.07) is 65.2. The highest BCUT2D eigenvalue weighted by Gasteiger charge is 2.43. The number of fused-ring (bicyclic) bond motifs is 6. The van der Waals surface area contributed by atoms with Crippen LogP contribution in [0.3, 0.4) is 0 Å². The van der Waals surface area contributed by atoms with Crippen LogP contribution in [0.2, 0.25) is 0 Å². The van der Waals surface area contributed by atoms with E-state index in [9.17, 15) is 0 Å². The number of para-hydroxylation sites is 2. The molecule has 0 N–H and O–H groups in total. The molecule has 2 aliphatic heterocycles. The number of ether oxygens (including phenoxy) is 1. The fraction of sp³-hybridized carbons (Fsp3) is 0.0612. The zero-order valence-corrected chi connectivity index (χ0v) is 29.1. The van der Waals surface area contributed by atoms with Gasteiger partial charge in [0, 0.05) is 27.9 Å². The first-order valence-corrected chi connectivity index (χ1v) is 17.9. The fourth-order valence-corrected chi connectivity index (χ4v) is 8.37. The van der Waals surface area contributed by atoms with E-state index in [1.54, 1.807) is 0 Å². The molecule has 8 aromatic carbocycles. The standard InChI is InChI=1S/C49H36N2O/c1-49(2)42-22-11-12-23-43(42)51-47-41-21-10-9-16-35(41)26-30-44(47)52-45-31-29-40(46(49)48(45)51)36-17-13-20-39(32-36)50(37-18-7-4-8-19-37)38-27-24-34(25-28-38)33-14-5-3-6-15-33/h3-32H,1-2H3. The number of nitrogens with zero attached hydrogens (tertiary/aromatic N) is 2. The molecule has 0 bridgehead atoms. The van der Waals surface area contributed by atoms with E-state index in [2.05, 4.69) is 206 Å². The van der Waals surface area contributed by atoms with E-state index in [0.29, 0.717) is 0 Å². The van der Waals surface area contributed by atoms with Crippen molar-refractivity contribution in [3.8, 4) is 33.8 Å². The molecule has 0 atom stereocenters. The van der Waals surface area contributed by atoms with Gasteiger partial charge in [-0.15, -0.1) is 0 Å². The second kappa shape index (κ2) is 11.8. The van der Waals surface area contributed by atoms with Crippen molar-refractivity contribution in [3.63, 3.8) is 0 Å². The number of rotatable bonds is 5. The average molecular weight is 669 g/mol. The Kier molecular flexibility index (Phi) is 6.84. The Bertz CT molecular complexity index is 2630. The molecule has 0 aliphatic carbocycles. The predicted molar refractivity (Wildman–Crippen MR) is 216 cm³/mol. The number of anilines is 6. The minimum atomic E-state index is -0.304. The van der Waals surface area contributed by atoms with Crippen LogP contribution in [0.25, 0.3) is 33.0 Å². The first-order valence-electron chi connectivity index (χ1n) is 17.9. The van der Waals surface area contributed by atoms with Gasteiger partial charge < -0.3 is 14.5 Å². The molecule has 10 rings (SSSR count). The number of hydrogen-bond donors (Lipinski definition) is 0. The molecule has 0 fully saturated rings. The van der Waals surface area contributed by atoms with Gasteiger partial charge >= 0.3 is 0 Å². The van der Waals surface area contributed by atoms with Crippen molar-refractivity contribution in [3.05, 3.63) is 193 Å². The molecule has 0 aromatic heterocycles. The third kappa shape index (κ3) is 4.66. The summed E-state index contributed by atoms with van der Waals surface area (Å²) in [5.41, 5.74) is 13.7. The van der Waals surface area contributed by atoms with Gasteiger partial charge in [0.15, 0.2) is 11.5 Å². The molecule has 0 radical (unpaired) electrons. The third-order valence-electron chi connectivity index (χ3n) is 10.8. The molecule has 0 spiro atoms. The lowest BCUT2D eigenvalue weighted by atomic mass is 9.70. The van der Waals surface area contributed by atoms with E-state index in [1.165, 1.54) is 44.3 Å². The Labute approximate surface area is 304 Å². The Balaban J connectivity index is 1.16. The first kappa shape index (κ1) is 30.3. The molecule has 52 heavy (non-hydrogen) atoms. The highest BCUT2D eigenvalue weighted by atomic mass is 16.5. The van der Waals surface area contributed by atoms with Crippen molar-refractivity contribution in [2.45, 2.75) is 19.3 Å². The van der Waals surface area contributed by atoms with Crippen molar-refractivity contribution in [2.75, 3.05) is 9.80 Å². The molecule has 2 aliphatic rings. The van der Waals surface area contributed by atoms with E-state index < -0.39 is 0 Å². The topological polar surface area (TPSA) is 15.7 Å². The molecular formula is C49H36N2O. The normalized spacial score (nSPS) is 13.5. The van der Waals surface area contributed by atoms with Crippen LogP contribution in [-0.2, 0) is 5.41 Å². The summed E-state index contributed by atoms with van der Waals surface area (Å²) in [7, 11) is 0. The van der Waals surface area contributed by atoms with Gasteiger partial charge in [0.1, 0.15) is 0 Å². The zero-order chi connectivity index (χ0) is 34.8. The van der Waals surface area contributed by atoms with Crippen LogP contribution in [0.5, 0.6) is 11.5 Å². The lowest BCUT2D eigenvalue weighted by Gasteiger charge is -2.46. The predicted octanol–water partition coefficient (Wildman–Crippen LogP) is 13.9. The van der Waals surface area contributed by atoms with Gasteiger partial charge in [-0.05, 0) is 93.4 Å². The average Bonchev–Trinajstić information content (AvgIpc) is 3.20. The van der Waals surface area contributed by atoms with Gasteiger partial charge in [0.25, 0.3) is 0 Å². The van der Waals surface area contributed by atoms with Crippen LogP contribution in [0, 0.1) is 0 Å². The molecule has 0 saturated carbocycles. The zero-order valence-electron chi connectivity index (χ0n) is 29.1. The number of hydrogen-bond acceptors (Lipinski definition) is 3. The molecule has 8 aromatic rings. The maximum Gasteiger partial charge on any atom is 0.152 e. The molecular weight excluding hydrogens is 633 g/mol. The SMILES string of the molecule is CC1(C)c2ccccc2N2c3c(ccc(-c4cccc(N(c5ccccc5)c5ccc(-c6ccccc6)cc5)c4)c31)Oc1ccc3ccccc3c12. The van der Waals surface area contributed by atoms with Gasteiger partial charge in [-0.1, -0.05) is 141 Å². The van der Waals surface area contributed by atoms with Gasteiger partial charge in [0.05, 0.1) is 17.1 Å². The second-order valence-corrected chi connectivity index (χ2v) is 14.2. The summed E-state index contributed by atoms with van der Waals surface area (Å²) in [6.07, 6.45) is 0. The van der Waals surface area contributed by atoms with Gasteiger partial charge in [-0.2, -0.15) is 0 Å². The summed E-state index contributed by atoms with van der Waals surface area (Å²) in [4.78, 5) is 4.81. The molecule has 3 nitrogen and oxygen atoms in total. The van der Waals surface area contributed by atoms with Gasteiger partial charge in [-0.25, -0.2) is 0 Å². The second-order valence-electron chi connectivity index (χ2n) is 14.2. The quantitative estimate of drug-likeness (QED) is 0.182. The summed E-state index contributed by atoms with van der Waals surface area (Å²) in [5, 5.41) is 2.37. The molecule has 0 saturated heterocycles. The van der Waals surface area contributed by atoms with Crippen LogP contribution in [0.15, 0.2) is 182 Å². The third-order valence-corrected chi connectivity index (χ3v) is 10.8. The van der Waals surface area contributed by atoms with Crippen molar-refractivity contribution < 1.29 is 4.74 Å². The lowest BCUT2D eigenvalue weighted by molar-refractivity contribution is 0.472. The minimum absolute atomic E-state index is 0.304. The van der Waals surface area contributed by atoms with Crippen molar-refractivity contribution >= 4 is 44.9 Å². The van der Waals surface area contributed by atoms with Gasteiger partial charge in [0.2, 0.25) is 0 Å². The summed E-state index contributed by atoms with van der Waals surface area (Å²) >= 11 is 0. The summed E-state index contributed by atoms with van der Waals surface area (Å²) < 4.78 is 6.80. The Hall–Kier alpha value is -6.58. The van der Waals surface area contributed by atoms with Crippen LogP contribution in [-0.4, -0.2) is 0 Å². The van der Waals surface area contributed by atoms with Crippen LogP contribution in [0.1, 0.15) is 25.0 Å². The number of benzene rings is 8. The summed E-state index contributed by atoms with van der Waals surface area (Å²) in [5.74, 6) is 1.75. The van der Waals surface area contributed by atoms with E-state index >= 15 is 0 Å². The van der Waals surface area contributed by atoms with E-state index in [1.807, 2.05) is 0 Å². The monoisotopic (exact) mass is 668 g/mol. The fourth-order valence-electron chi connectivity index (χ4n) is 8.37. The molecule has 3 heteroatoms. The van der Waals surface area contributed by atoms with Crippen molar-refractivity contribution in [1.29, 1.82) is 0 Å². The van der Waals surface area contributed by atoms with Crippen molar-refractivity contribution in [2.24, 2.45) is 0 Å². The minimum Gasteiger partial charge on any atom is -0.453 e. The molecule has 0 unspecified atom stereocenters. The Morgan fingerprint density at radius 1 is 0.481 bits per heavy atom. The summed E-state index contributed by atoms with van der Waals surface area (Å²) in [6.45, 7) is 4.71. The van der Waals surface area contributed by atoms with Gasteiger partial charge in [-0.3, -0.25) is 0 Å². The largest absolute Gasteiger partial charge is 0.453 e. The van der Waals surface area contributed by atoms with Crippen molar-refractivity contribution in [1.82, 2.24) is 0 Å². The molecule has 0 amide bonds. The van der Waals surface area contributed by atoms with Crippen LogP contribution < -0.4 is 14.5 Å². The Morgan fingerprint density at radius 2 is 1.10 bits per heavy atom. The molecule has 2 heterocycles. The highest BCUT2D eigenvalue weighted by molar-refractivity contribution is 6.07. The van der Waals surface area contributed by atoms with Crippen LogP contribution in [0.4, 0.5) is 34.1 Å². The molecule has 248 valence electrons. The lowest BCUT2D eigenvalue weighted by Crippen LogP contribution is -2.33. The maximum atomic E-state index is 6.80. The van der Waals surface area contributed by atoms with Crippen LogP contribution >= 0.6 is 0 Å². The highest BCUT2D eigenvalue weighted by Crippen LogP contribution is 2.62. The first-order chi connectivity index (χ1) is 25.6. The maximum absolute atomic E-state index is 6.80. The van der Waals surface area contributed by atoms with E-state index in [4.69, 9.17) is 4.74 Å². The van der Waals surface area contributed by atoms with E-state index in [0.717, 1.165) is 45.5 Å². The smallest absolute Gasteiger partial charge is 0.152 e. The Morgan fingerprint density at radius 3 is 1.92 bits per heavy atom. The van der Waals surface area contributed by atoms with E-state index in [-0.39, 0.29) is 5.41 Å².